The molecule has 0 radical (unpaired) electrons. The van der Waals surface area contributed by atoms with Crippen LogP contribution < -0.4 is 0 Å². The molecule has 3 aliphatic heterocycles. The van der Waals surface area contributed by atoms with Gasteiger partial charge in [0, 0.05) is 5.41 Å². The third-order valence-electron chi connectivity index (χ3n) is 7.09. The number of rotatable bonds is 4. The fourth-order valence-electron chi connectivity index (χ4n) is 5.36. The second kappa shape index (κ2) is 6.88. The maximum atomic E-state index is 12.4. The Morgan fingerprint density at radius 3 is 1.64 bits per heavy atom. The Labute approximate surface area is 167 Å². The molecular formula is C26H27NO. The van der Waals surface area contributed by atoms with Crippen molar-refractivity contribution >= 4 is 0 Å². The third kappa shape index (κ3) is 2.71. The zero-order valence-electron chi connectivity index (χ0n) is 16.2. The number of aliphatic hydroxyl groups is 1. The van der Waals surface area contributed by atoms with Crippen molar-refractivity contribution in [3.05, 3.63) is 96.1 Å². The number of hydrogen-bond acceptors (Lipinski definition) is 2. The van der Waals surface area contributed by atoms with Crippen molar-refractivity contribution < 1.29 is 5.11 Å². The quantitative estimate of drug-likeness (QED) is 0.694. The second-order valence-corrected chi connectivity index (χ2v) is 8.39. The first-order chi connectivity index (χ1) is 13.7. The van der Waals surface area contributed by atoms with E-state index in [9.17, 15) is 5.11 Å². The van der Waals surface area contributed by atoms with Crippen LogP contribution in [0.5, 0.6) is 0 Å². The van der Waals surface area contributed by atoms with E-state index in [1.807, 2.05) is 24.3 Å². The van der Waals surface area contributed by atoms with Crippen molar-refractivity contribution in [1.82, 2.24) is 4.90 Å². The molecule has 28 heavy (non-hydrogen) atoms. The lowest BCUT2D eigenvalue weighted by atomic mass is 9.57. The minimum Gasteiger partial charge on any atom is -0.380 e. The normalized spacial score (nSPS) is 26.0. The largest absolute Gasteiger partial charge is 0.380 e. The smallest absolute Gasteiger partial charge is 0.120 e. The molecule has 0 spiro atoms. The third-order valence-corrected chi connectivity index (χ3v) is 7.09. The minimum atomic E-state index is -0.948. The van der Waals surface area contributed by atoms with Crippen molar-refractivity contribution in [3.63, 3.8) is 0 Å². The van der Waals surface area contributed by atoms with E-state index < -0.39 is 5.60 Å². The van der Waals surface area contributed by atoms with Gasteiger partial charge >= 0.3 is 0 Å². The number of benzene rings is 3. The number of piperidine rings is 3. The fourth-order valence-corrected chi connectivity index (χ4v) is 5.36. The summed E-state index contributed by atoms with van der Waals surface area (Å²) in [6, 6.07) is 29.4. The molecule has 142 valence electrons. The van der Waals surface area contributed by atoms with E-state index in [0.717, 1.165) is 50.0 Å². The summed E-state index contributed by atoms with van der Waals surface area (Å²) >= 11 is 0. The first-order valence-electron chi connectivity index (χ1n) is 10.4. The summed E-state index contributed by atoms with van der Waals surface area (Å²) in [6.07, 6.45) is 3.16. The van der Waals surface area contributed by atoms with Gasteiger partial charge in [-0.2, -0.15) is 0 Å². The molecule has 2 heteroatoms. The van der Waals surface area contributed by atoms with Crippen molar-refractivity contribution in [1.29, 1.82) is 0 Å². The van der Waals surface area contributed by atoms with Gasteiger partial charge in [0.05, 0.1) is 0 Å². The summed E-state index contributed by atoms with van der Waals surface area (Å²) in [6.45, 7) is 3.28. The monoisotopic (exact) mass is 369 g/mol. The first-order valence-corrected chi connectivity index (χ1v) is 10.4. The SMILES string of the molecule is OC(c1ccccc1)(c1ccc(-c2ccccc2)cc1)C12CCN(CC1)CC2. The Bertz CT molecular complexity index is 913. The second-order valence-electron chi connectivity index (χ2n) is 8.39. The number of fused-ring (bicyclic) bond motifs is 3. The predicted octanol–water partition coefficient (Wildman–Crippen LogP) is 5.08. The van der Waals surface area contributed by atoms with Gasteiger partial charge in [0.2, 0.25) is 0 Å². The number of nitrogens with zero attached hydrogens (tertiary/aromatic N) is 1. The van der Waals surface area contributed by atoms with Gasteiger partial charge in [-0.1, -0.05) is 84.9 Å². The molecule has 3 heterocycles. The fraction of sp³-hybridized carbons (Fsp3) is 0.308. The van der Waals surface area contributed by atoms with Crippen LogP contribution in [-0.4, -0.2) is 29.6 Å². The molecule has 0 aliphatic carbocycles. The zero-order chi connectivity index (χ0) is 19.0. The highest BCUT2D eigenvalue weighted by Gasteiger charge is 2.55. The summed E-state index contributed by atoms with van der Waals surface area (Å²) in [5.41, 5.74) is 3.41. The van der Waals surface area contributed by atoms with Crippen LogP contribution in [0.25, 0.3) is 11.1 Å². The summed E-state index contributed by atoms with van der Waals surface area (Å²) in [5.74, 6) is 0. The van der Waals surface area contributed by atoms with Crippen LogP contribution in [0.3, 0.4) is 0 Å². The molecule has 0 amide bonds. The molecule has 3 fully saturated rings. The molecule has 1 unspecified atom stereocenters. The molecule has 3 saturated heterocycles. The maximum Gasteiger partial charge on any atom is 0.120 e. The Hall–Kier alpha value is -2.42. The van der Waals surface area contributed by atoms with Crippen molar-refractivity contribution in [3.8, 4) is 11.1 Å². The van der Waals surface area contributed by atoms with E-state index in [-0.39, 0.29) is 5.41 Å². The van der Waals surface area contributed by atoms with Crippen molar-refractivity contribution in [2.45, 2.75) is 24.9 Å². The molecule has 6 rings (SSSR count). The van der Waals surface area contributed by atoms with E-state index in [1.165, 1.54) is 11.1 Å². The van der Waals surface area contributed by atoms with Crippen LogP contribution in [0.2, 0.25) is 0 Å². The van der Waals surface area contributed by atoms with E-state index in [4.69, 9.17) is 0 Å². The average molecular weight is 370 g/mol. The van der Waals surface area contributed by atoms with Crippen LogP contribution in [-0.2, 0) is 5.60 Å². The Morgan fingerprint density at radius 1 is 0.607 bits per heavy atom. The van der Waals surface area contributed by atoms with Gasteiger partial charge in [-0.3, -0.25) is 0 Å². The van der Waals surface area contributed by atoms with Gasteiger partial charge < -0.3 is 10.0 Å². The summed E-state index contributed by atoms with van der Waals surface area (Å²) < 4.78 is 0. The standard InChI is InChI=1S/C26H27NO/c28-26(23-9-5-2-6-10-23,25-15-18-27(19-16-25)20-17-25)24-13-11-22(12-14-24)21-7-3-1-4-8-21/h1-14,28H,15-20H2. The van der Waals surface area contributed by atoms with Crippen LogP contribution in [0.15, 0.2) is 84.9 Å². The molecule has 3 aromatic carbocycles. The van der Waals surface area contributed by atoms with Crippen molar-refractivity contribution in [2.75, 3.05) is 19.6 Å². The molecule has 2 bridgehead atoms. The van der Waals surface area contributed by atoms with Gasteiger partial charge in [0.25, 0.3) is 0 Å². The molecule has 2 nitrogen and oxygen atoms in total. The van der Waals surface area contributed by atoms with Crippen molar-refractivity contribution in [2.24, 2.45) is 5.41 Å². The highest BCUT2D eigenvalue weighted by molar-refractivity contribution is 5.64. The summed E-state index contributed by atoms with van der Waals surface area (Å²) in [4.78, 5) is 2.53. The van der Waals surface area contributed by atoms with Gasteiger partial charge in [0.15, 0.2) is 0 Å². The lowest BCUT2D eigenvalue weighted by Crippen LogP contribution is -2.58. The first kappa shape index (κ1) is 17.7. The van der Waals surface area contributed by atoms with Crippen LogP contribution in [0.4, 0.5) is 0 Å². The highest BCUT2D eigenvalue weighted by Crippen LogP contribution is 2.55. The molecule has 1 N–H and O–H groups in total. The molecule has 0 saturated carbocycles. The van der Waals surface area contributed by atoms with Crippen LogP contribution in [0, 0.1) is 5.41 Å². The summed E-state index contributed by atoms with van der Waals surface area (Å²) in [5, 5.41) is 12.4. The molecule has 1 atom stereocenters. The van der Waals surface area contributed by atoms with Gasteiger partial charge in [0.1, 0.15) is 5.60 Å². The summed E-state index contributed by atoms with van der Waals surface area (Å²) in [7, 11) is 0. The predicted molar refractivity (Wildman–Crippen MR) is 114 cm³/mol. The Morgan fingerprint density at radius 2 is 1.07 bits per heavy atom. The molecule has 0 aromatic heterocycles. The lowest BCUT2D eigenvalue weighted by molar-refractivity contribution is -0.125. The van der Waals surface area contributed by atoms with Crippen LogP contribution >= 0.6 is 0 Å². The van der Waals surface area contributed by atoms with E-state index in [2.05, 4.69) is 65.6 Å². The number of hydrogen-bond donors (Lipinski definition) is 1. The topological polar surface area (TPSA) is 23.5 Å². The Kier molecular flexibility index (Phi) is 4.34. The van der Waals surface area contributed by atoms with Gasteiger partial charge in [-0.25, -0.2) is 0 Å². The lowest BCUT2D eigenvalue weighted by Gasteiger charge is -2.56. The van der Waals surface area contributed by atoms with E-state index >= 15 is 0 Å². The van der Waals surface area contributed by atoms with E-state index in [0.29, 0.717) is 0 Å². The minimum absolute atomic E-state index is 0.0859. The maximum absolute atomic E-state index is 12.4. The van der Waals surface area contributed by atoms with Gasteiger partial charge in [-0.15, -0.1) is 0 Å². The molecule has 3 aliphatic rings. The van der Waals surface area contributed by atoms with Crippen LogP contribution in [0.1, 0.15) is 30.4 Å². The molecular weight excluding hydrogens is 342 g/mol. The highest BCUT2D eigenvalue weighted by atomic mass is 16.3. The molecule has 3 aromatic rings. The zero-order valence-corrected chi connectivity index (χ0v) is 16.2. The average Bonchev–Trinajstić information content (AvgIpc) is 2.81. The van der Waals surface area contributed by atoms with E-state index in [1.54, 1.807) is 0 Å². The van der Waals surface area contributed by atoms with Gasteiger partial charge in [-0.05, 0) is 61.2 Å². The Balaban J connectivity index is 1.61.